The van der Waals surface area contributed by atoms with Crippen molar-refractivity contribution in [2.75, 3.05) is 12.4 Å². The van der Waals surface area contributed by atoms with E-state index in [1.165, 1.54) is 0 Å². The van der Waals surface area contributed by atoms with Gasteiger partial charge in [0.2, 0.25) is 0 Å². The first-order valence-corrected chi connectivity index (χ1v) is 6.70. The maximum absolute atomic E-state index is 10.9. The van der Waals surface area contributed by atoms with Crippen LogP contribution in [0.2, 0.25) is 0 Å². The van der Waals surface area contributed by atoms with Crippen LogP contribution in [-0.2, 0) is 0 Å². The van der Waals surface area contributed by atoms with Crippen LogP contribution in [0.25, 0.3) is 10.8 Å². The number of nitrogens with one attached hydrogen (secondary N) is 1. The molecule has 1 heterocycles. The van der Waals surface area contributed by atoms with Crippen molar-refractivity contribution in [3.8, 4) is 5.75 Å². The minimum absolute atomic E-state index is 0.248. The van der Waals surface area contributed by atoms with Gasteiger partial charge in [-0.3, -0.25) is 0 Å². The number of hydrogen-bond donors (Lipinski definition) is 2. The summed E-state index contributed by atoms with van der Waals surface area (Å²) in [5.74, 6) is 0.504. The molecule has 3 rings (SSSR count). The number of fused-ring (bicyclic) bond motifs is 1. The molecule has 2 N–H and O–H groups in total. The summed E-state index contributed by atoms with van der Waals surface area (Å²) < 4.78 is 5.25. The van der Waals surface area contributed by atoms with Crippen molar-refractivity contribution in [3.63, 3.8) is 0 Å². The quantitative estimate of drug-likeness (QED) is 0.768. The van der Waals surface area contributed by atoms with Crippen LogP contribution in [0.5, 0.6) is 5.75 Å². The predicted octanol–water partition coefficient (Wildman–Crippen LogP) is 3.69. The summed E-state index contributed by atoms with van der Waals surface area (Å²) in [4.78, 5) is 15.2. The Kier molecular flexibility index (Phi) is 3.62. The second-order valence-electron chi connectivity index (χ2n) is 4.75. The van der Waals surface area contributed by atoms with Crippen LogP contribution in [0.15, 0.2) is 54.7 Å². The van der Waals surface area contributed by atoms with Gasteiger partial charge in [-0.25, -0.2) is 9.78 Å². The number of benzene rings is 2. The molecule has 0 aliphatic carbocycles. The molecule has 110 valence electrons. The zero-order chi connectivity index (χ0) is 15.5. The molecule has 1 aromatic heterocycles. The van der Waals surface area contributed by atoms with E-state index in [0.29, 0.717) is 5.82 Å². The number of carboxylic acid groups (broad SMARTS) is 1. The van der Waals surface area contributed by atoms with Crippen LogP contribution in [-0.4, -0.2) is 23.2 Å². The van der Waals surface area contributed by atoms with Crippen LogP contribution in [0.4, 0.5) is 11.5 Å². The van der Waals surface area contributed by atoms with Crippen molar-refractivity contribution in [1.29, 1.82) is 0 Å². The standard InChI is InChI=1S/C17H14N2O3/c1-22-14-7-4-11-8-9-18-16(15(11)10-14)19-13-5-2-12(3-6-13)17(20)21/h2-10H,1H3,(H,18,19)(H,20,21). The van der Waals surface area contributed by atoms with Crippen molar-refractivity contribution < 1.29 is 14.6 Å². The molecule has 3 aromatic rings. The number of anilines is 2. The molecule has 0 radical (unpaired) electrons. The summed E-state index contributed by atoms with van der Waals surface area (Å²) in [6.07, 6.45) is 1.72. The third-order valence-electron chi connectivity index (χ3n) is 3.37. The van der Waals surface area contributed by atoms with E-state index >= 15 is 0 Å². The van der Waals surface area contributed by atoms with Gasteiger partial charge < -0.3 is 15.2 Å². The smallest absolute Gasteiger partial charge is 0.335 e. The van der Waals surface area contributed by atoms with E-state index in [2.05, 4.69) is 10.3 Å². The number of pyridine rings is 1. The lowest BCUT2D eigenvalue weighted by Gasteiger charge is -2.10. The Morgan fingerprint density at radius 3 is 2.59 bits per heavy atom. The molecule has 0 unspecified atom stereocenters. The van der Waals surface area contributed by atoms with Gasteiger partial charge in [-0.15, -0.1) is 0 Å². The SMILES string of the molecule is COc1ccc2ccnc(Nc3ccc(C(=O)O)cc3)c2c1. The number of carboxylic acids is 1. The van der Waals surface area contributed by atoms with Crippen molar-refractivity contribution in [2.45, 2.75) is 0 Å². The molecule has 22 heavy (non-hydrogen) atoms. The van der Waals surface area contributed by atoms with Gasteiger partial charge in [-0.2, -0.15) is 0 Å². The normalized spacial score (nSPS) is 10.4. The van der Waals surface area contributed by atoms with Crippen molar-refractivity contribution in [2.24, 2.45) is 0 Å². The van der Waals surface area contributed by atoms with E-state index in [4.69, 9.17) is 9.84 Å². The largest absolute Gasteiger partial charge is 0.497 e. The zero-order valence-corrected chi connectivity index (χ0v) is 11.9. The summed E-state index contributed by atoms with van der Waals surface area (Å²) in [7, 11) is 1.62. The Morgan fingerprint density at radius 1 is 1.14 bits per heavy atom. The van der Waals surface area contributed by atoms with Crippen LogP contribution in [0, 0.1) is 0 Å². The number of aromatic nitrogens is 1. The van der Waals surface area contributed by atoms with Crippen LogP contribution in [0.1, 0.15) is 10.4 Å². The molecule has 5 heteroatoms. The monoisotopic (exact) mass is 294 g/mol. The fourth-order valence-electron chi connectivity index (χ4n) is 2.21. The third-order valence-corrected chi connectivity index (χ3v) is 3.37. The Morgan fingerprint density at radius 2 is 1.91 bits per heavy atom. The van der Waals surface area contributed by atoms with E-state index in [-0.39, 0.29) is 5.56 Å². The summed E-state index contributed by atoms with van der Waals surface area (Å²) in [5.41, 5.74) is 1.02. The second-order valence-corrected chi connectivity index (χ2v) is 4.75. The minimum atomic E-state index is -0.945. The summed E-state index contributed by atoms with van der Waals surface area (Å²) in [6, 6.07) is 14.2. The topological polar surface area (TPSA) is 71.5 Å². The van der Waals surface area contributed by atoms with E-state index in [1.54, 1.807) is 37.6 Å². The molecule has 0 atom stereocenters. The summed E-state index contributed by atoms with van der Waals surface area (Å²) in [6.45, 7) is 0. The van der Waals surface area contributed by atoms with Crippen molar-refractivity contribution in [1.82, 2.24) is 4.98 Å². The van der Waals surface area contributed by atoms with Gasteiger partial charge in [0.05, 0.1) is 12.7 Å². The van der Waals surface area contributed by atoms with Gasteiger partial charge >= 0.3 is 5.97 Å². The molecular formula is C17H14N2O3. The number of aromatic carboxylic acids is 1. The van der Waals surface area contributed by atoms with Gasteiger partial charge in [-0.05, 0) is 47.9 Å². The van der Waals surface area contributed by atoms with E-state index in [9.17, 15) is 4.79 Å². The first-order chi connectivity index (χ1) is 10.7. The van der Waals surface area contributed by atoms with Crippen molar-refractivity contribution in [3.05, 3.63) is 60.3 Å². The average Bonchev–Trinajstić information content (AvgIpc) is 2.55. The highest BCUT2D eigenvalue weighted by atomic mass is 16.5. The van der Waals surface area contributed by atoms with E-state index in [0.717, 1.165) is 22.2 Å². The van der Waals surface area contributed by atoms with Gasteiger partial charge in [-0.1, -0.05) is 6.07 Å². The Balaban J connectivity index is 1.97. The number of methoxy groups -OCH3 is 1. The van der Waals surface area contributed by atoms with Gasteiger partial charge in [0.1, 0.15) is 11.6 Å². The maximum Gasteiger partial charge on any atom is 0.335 e. The highest BCUT2D eigenvalue weighted by molar-refractivity contribution is 5.94. The minimum Gasteiger partial charge on any atom is -0.497 e. The first kappa shape index (κ1) is 13.9. The zero-order valence-electron chi connectivity index (χ0n) is 11.9. The lowest BCUT2D eigenvalue weighted by atomic mass is 10.1. The molecule has 0 amide bonds. The van der Waals surface area contributed by atoms with Crippen LogP contribution < -0.4 is 10.1 Å². The Bertz CT molecular complexity index is 829. The van der Waals surface area contributed by atoms with E-state index in [1.807, 2.05) is 24.3 Å². The van der Waals surface area contributed by atoms with Gasteiger partial charge in [0, 0.05) is 17.3 Å². The molecule has 0 aliphatic heterocycles. The molecule has 0 saturated carbocycles. The number of ether oxygens (including phenoxy) is 1. The molecule has 0 aliphatic rings. The lowest BCUT2D eigenvalue weighted by Crippen LogP contribution is -1.98. The van der Waals surface area contributed by atoms with Crippen LogP contribution in [0.3, 0.4) is 0 Å². The molecule has 0 spiro atoms. The molecule has 0 bridgehead atoms. The maximum atomic E-state index is 10.9. The number of rotatable bonds is 4. The fourth-order valence-corrected chi connectivity index (χ4v) is 2.21. The molecule has 0 saturated heterocycles. The average molecular weight is 294 g/mol. The number of carbonyl (C=O) groups is 1. The second kappa shape index (κ2) is 5.73. The molecule has 2 aromatic carbocycles. The Hall–Kier alpha value is -3.08. The number of nitrogens with zero attached hydrogens (tertiary/aromatic N) is 1. The third kappa shape index (κ3) is 2.69. The van der Waals surface area contributed by atoms with Gasteiger partial charge in [0.25, 0.3) is 0 Å². The van der Waals surface area contributed by atoms with Crippen molar-refractivity contribution >= 4 is 28.2 Å². The first-order valence-electron chi connectivity index (χ1n) is 6.70. The number of hydrogen-bond acceptors (Lipinski definition) is 4. The van der Waals surface area contributed by atoms with E-state index < -0.39 is 5.97 Å². The summed E-state index contributed by atoms with van der Waals surface area (Å²) in [5, 5.41) is 14.1. The highest BCUT2D eigenvalue weighted by Gasteiger charge is 2.06. The van der Waals surface area contributed by atoms with Gasteiger partial charge in [0.15, 0.2) is 0 Å². The Labute approximate surface area is 127 Å². The lowest BCUT2D eigenvalue weighted by molar-refractivity contribution is 0.0697. The molecule has 0 fully saturated rings. The van der Waals surface area contributed by atoms with Crippen LogP contribution >= 0.6 is 0 Å². The molecule has 5 nitrogen and oxygen atoms in total. The highest BCUT2D eigenvalue weighted by Crippen LogP contribution is 2.27. The predicted molar refractivity (Wildman–Crippen MR) is 85.0 cm³/mol. The molecular weight excluding hydrogens is 280 g/mol. The summed E-state index contributed by atoms with van der Waals surface area (Å²) >= 11 is 0. The fraction of sp³-hybridized carbons (Fsp3) is 0.0588.